The van der Waals surface area contributed by atoms with Crippen molar-refractivity contribution in [2.75, 3.05) is 20.6 Å². The predicted molar refractivity (Wildman–Crippen MR) is 93.4 cm³/mol. The predicted octanol–water partition coefficient (Wildman–Crippen LogP) is 2.91. The van der Waals surface area contributed by atoms with E-state index in [-0.39, 0.29) is 5.91 Å². The number of rotatable bonds is 5. The van der Waals surface area contributed by atoms with E-state index >= 15 is 0 Å². The Morgan fingerprint density at radius 2 is 2.17 bits per heavy atom. The van der Waals surface area contributed by atoms with Gasteiger partial charge >= 0.3 is 0 Å². The van der Waals surface area contributed by atoms with Crippen LogP contribution >= 0.6 is 11.7 Å². The van der Waals surface area contributed by atoms with E-state index in [0.29, 0.717) is 19.0 Å². The van der Waals surface area contributed by atoms with Gasteiger partial charge in [-0.05, 0) is 50.6 Å². The first kappa shape index (κ1) is 16.3. The molecule has 124 valence electrons. The molecule has 23 heavy (non-hydrogen) atoms. The average molecular weight is 332 g/mol. The van der Waals surface area contributed by atoms with Crippen LogP contribution in [-0.4, -0.2) is 51.1 Å². The third kappa shape index (κ3) is 4.06. The van der Waals surface area contributed by atoms with E-state index < -0.39 is 0 Å². The van der Waals surface area contributed by atoms with Gasteiger partial charge in [0.05, 0.1) is 11.7 Å². The summed E-state index contributed by atoms with van der Waals surface area (Å²) < 4.78 is 8.47. The van der Waals surface area contributed by atoms with Gasteiger partial charge < -0.3 is 9.80 Å². The lowest BCUT2D eigenvalue weighted by Crippen LogP contribution is -2.37. The molecule has 1 amide bonds. The van der Waals surface area contributed by atoms with Crippen LogP contribution in [0.4, 0.5) is 0 Å². The van der Waals surface area contributed by atoms with Gasteiger partial charge in [-0.1, -0.05) is 12.5 Å². The second-order valence-corrected chi connectivity index (χ2v) is 7.03. The first-order valence-electron chi connectivity index (χ1n) is 8.29. The van der Waals surface area contributed by atoms with Crippen LogP contribution in [0.15, 0.2) is 18.2 Å². The number of carbonyl (C=O) groups is 1. The van der Waals surface area contributed by atoms with Crippen molar-refractivity contribution in [2.24, 2.45) is 0 Å². The number of hydrogen-bond acceptors (Lipinski definition) is 5. The largest absolute Gasteiger partial charge is 0.341 e. The Balaban J connectivity index is 1.52. The molecular weight excluding hydrogens is 308 g/mol. The van der Waals surface area contributed by atoms with Gasteiger partial charge in [0.2, 0.25) is 5.91 Å². The minimum atomic E-state index is 0.223. The molecule has 5 nitrogen and oxygen atoms in total. The van der Waals surface area contributed by atoms with Crippen LogP contribution < -0.4 is 0 Å². The Bertz CT molecular complexity index is 671. The van der Waals surface area contributed by atoms with E-state index in [4.69, 9.17) is 0 Å². The van der Waals surface area contributed by atoms with Gasteiger partial charge in [0.1, 0.15) is 11.0 Å². The zero-order chi connectivity index (χ0) is 16.2. The van der Waals surface area contributed by atoms with Gasteiger partial charge in [0.15, 0.2) is 0 Å². The highest BCUT2D eigenvalue weighted by Crippen LogP contribution is 2.20. The van der Waals surface area contributed by atoms with Crippen molar-refractivity contribution >= 4 is 28.7 Å². The number of fused-ring (bicyclic) bond motifs is 1. The molecule has 0 bridgehead atoms. The SMILES string of the molecule is CN(Cc1ccc2nsnc2c1)C(=O)CC[C@@H]1CCCCN1C. The summed E-state index contributed by atoms with van der Waals surface area (Å²) in [6.45, 7) is 1.79. The first-order chi connectivity index (χ1) is 11.1. The smallest absolute Gasteiger partial charge is 0.222 e. The normalized spacial score (nSPS) is 19.1. The maximum absolute atomic E-state index is 12.4. The fraction of sp³-hybridized carbons (Fsp3) is 0.588. The average Bonchev–Trinajstić information content (AvgIpc) is 3.01. The van der Waals surface area contributed by atoms with Crippen molar-refractivity contribution in [3.05, 3.63) is 23.8 Å². The third-order valence-electron chi connectivity index (χ3n) is 4.78. The number of likely N-dealkylation sites (tertiary alicyclic amines) is 1. The Hall–Kier alpha value is -1.53. The van der Waals surface area contributed by atoms with Crippen LogP contribution in [0.25, 0.3) is 11.0 Å². The van der Waals surface area contributed by atoms with E-state index in [1.807, 2.05) is 30.1 Å². The van der Waals surface area contributed by atoms with Crippen LogP contribution in [0, 0.1) is 0 Å². The Morgan fingerprint density at radius 1 is 1.35 bits per heavy atom. The molecule has 0 spiro atoms. The molecule has 3 rings (SSSR count). The topological polar surface area (TPSA) is 49.3 Å². The summed E-state index contributed by atoms with van der Waals surface area (Å²) in [5, 5.41) is 0. The number of nitrogens with zero attached hydrogens (tertiary/aromatic N) is 4. The molecule has 1 atom stereocenters. The molecule has 0 unspecified atom stereocenters. The number of hydrogen-bond donors (Lipinski definition) is 0. The van der Waals surface area contributed by atoms with Crippen LogP contribution in [0.1, 0.15) is 37.7 Å². The van der Waals surface area contributed by atoms with Gasteiger partial charge in [0.25, 0.3) is 0 Å². The molecule has 0 aliphatic carbocycles. The maximum atomic E-state index is 12.4. The quantitative estimate of drug-likeness (QED) is 0.845. The standard InChI is InChI=1S/C17H24N4OS/c1-20-10-4-3-5-14(20)7-9-17(22)21(2)12-13-6-8-15-16(11-13)19-23-18-15/h6,8,11,14H,3-5,7,9-10,12H2,1-2H3/t14-/m0/s1. The van der Waals surface area contributed by atoms with Crippen molar-refractivity contribution in [1.29, 1.82) is 0 Å². The summed E-state index contributed by atoms with van der Waals surface area (Å²) >= 11 is 1.23. The summed E-state index contributed by atoms with van der Waals surface area (Å²) in [5.74, 6) is 0.223. The highest BCUT2D eigenvalue weighted by atomic mass is 32.1. The van der Waals surface area contributed by atoms with Crippen LogP contribution in [-0.2, 0) is 11.3 Å². The van der Waals surface area contributed by atoms with E-state index in [9.17, 15) is 4.79 Å². The second-order valence-electron chi connectivity index (χ2n) is 6.51. The first-order valence-corrected chi connectivity index (χ1v) is 9.02. The van der Waals surface area contributed by atoms with Crippen LogP contribution in [0.5, 0.6) is 0 Å². The minimum Gasteiger partial charge on any atom is -0.341 e. The Morgan fingerprint density at radius 3 is 3.00 bits per heavy atom. The summed E-state index contributed by atoms with van der Waals surface area (Å²) in [6.07, 6.45) is 5.40. The molecular formula is C17H24N4OS. The van der Waals surface area contributed by atoms with Crippen molar-refractivity contribution in [2.45, 2.75) is 44.7 Å². The molecule has 6 heteroatoms. The fourth-order valence-corrected chi connectivity index (χ4v) is 3.80. The van der Waals surface area contributed by atoms with Crippen molar-refractivity contribution in [3.63, 3.8) is 0 Å². The molecule has 2 aromatic rings. The van der Waals surface area contributed by atoms with Crippen molar-refractivity contribution in [1.82, 2.24) is 18.5 Å². The molecule has 1 fully saturated rings. The lowest BCUT2D eigenvalue weighted by Gasteiger charge is -2.32. The summed E-state index contributed by atoms with van der Waals surface area (Å²) in [4.78, 5) is 16.6. The van der Waals surface area contributed by atoms with Crippen LogP contribution in [0.2, 0.25) is 0 Å². The molecule has 0 N–H and O–H groups in total. The molecule has 0 saturated carbocycles. The highest BCUT2D eigenvalue weighted by molar-refractivity contribution is 7.00. The maximum Gasteiger partial charge on any atom is 0.222 e. The van der Waals surface area contributed by atoms with Crippen LogP contribution in [0.3, 0.4) is 0 Å². The monoisotopic (exact) mass is 332 g/mol. The lowest BCUT2D eigenvalue weighted by atomic mass is 9.98. The van der Waals surface area contributed by atoms with Gasteiger partial charge in [-0.25, -0.2) is 0 Å². The van der Waals surface area contributed by atoms with Crippen molar-refractivity contribution < 1.29 is 4.79 Å². The molecule has 1 aliphatic rings. The molecule has 1 aromatic carbocycles. The third-order valence-corrected chi connectivity index (χ3v) is 5.33. The number of aromatic nitrogens is 2. The zero-order valence-electron chi connectivity index (χ0n) is 13.9. The number of benzene rings is 1. The van der Waals surface area contributed by atoms with Gasteiger partial charge in [-0.2, -0.15) is 8.75 Å². The number of amides is 1. The molecule has 2 heterocycles. The van der Waals surface area contributed by atoms with Gasteiger partial charge in [-0.3, -0.25) is 4.79 Å². The Kier molecular flexibility index (Phi) is 5.23. The van der Waals surface area contributed by atoms with Gasteiger partial charge in [0, 0.05) is 26.1 Å². The highest BCUT2D eigenvalue weighted by Gasteiger charge is 2.20. The minimum absolute atomic E-state index is 0.223. The lowest BCUT2D eigenvalue weighted by molar-refractivity contribution is -0.130. The van der Waals surface area contributed by atoms with Crippen molar-refractivity contribution in [3.8, 4) is 0 Å². The number of piperidine rings is 1. The number of carbonyl (C=O) groups excluding carboxylic acids is 1. The molecule has 0 radical (unpaired) electrons. The fourth-order valence-electron chi connectivity index (χ4n) is 3.28. The molecule has 1 saturated heterocycles. The second kappa shape index (κ2) is 7.36. The zero-order valence-corrected chi connectivity index (χ0v) is 14.7. The van der Waals surface area contributed by atoms with Gasteiger partial charge in [-0.15, -0.1) is 0 Å². The van der Waals surface area contributed by atoms with E-state index in [1.165, 1.54) is 31.0 Å². The summed E-state index contributed by atoms with van der Waals surface area (Å²) in [6, 6.07) is 6.60. The Labute approximate surface area is 141 Å². The summed E-state index contributed by atoms with van der Waals surface area (Å²) in [7, 11) is 4.06. The van der Waals surface area contributed by atoms with E-state index in [2.05, 4.69) is 20.7 Å². The van der Waals surface area contributed by atoms with E-state index in [1.54, 1.807) is 0 Å². The molecule has 1 aromatic heterocycles. The molecule has 1 aliphatic heterocycles. The summed E-state index contributed by atoms with van der Waals surface area (Å²) in [5.41, 5.74) is 2.95. The van der Waals surface area contributed by atoms with E-state index in [0.717, 1.165) is 29.6 Å².